The van der Waals surface area contributed by atoms with Crippen LogP contribution in [0.4, 0.5) is 5.95 Å². The highest BCUT2D eigenvalue weighted by atomic mass is 32.1. The third kappa shape index (κ3) is 2.70. The highest BCUT2D eigenvalue weighted by Gasteiger charge is 2.42. The number of anilines is 1. The maximum Gasteiger partial charge on any atom is 0.262 e. The van der Waals surface area contributed by atoms with Crippen molar-refractivity contribution in [1.29, 1.82) is 0 Å². The molecule has 3 aromatic rings. The maximum atomic E-state index is 12.7. The third-order valence-electron chi connectivity index (χ3n) is 4.69. The lowest BCUT2D eigenvalue weighted by Crippen LogP contribution is -2.45. The van der Waals surface area contributed by atoms with Crippen LogP contribution in [0.5, 0.6) is 0 Å². The number of fused-ring (bicyclic) bond motifs is 2. The monoisotopic (exact) mass is 397 g/mol. The second-order valence-corrected chi connectivity index (χ2v) is 8.89. The van der Waals surface area contributed by atoms with Crippen LogP contribution < -0.4 is 5.32 Å². The van der Waals surface area contributed by atoms with Crippen LogP contribution in [0.15, 0.2) is 18.2 Å². The summed E-state index contributed by atoms with van der Waals surface area (Å²) in [6.07, 6.45) is 0. The second-order valence-electron chi connectivity index (χ2n) is 7.70. The minimum absolute atomic E-state index is 0.193. The van der Waals surface area contributed by atoms with E-state index in [-0.39, 0.29) is 23.0 Å². The highest BCUT2D eigenvalue weighted by Crippen LogP contribution is 2.30. The van der Waals surface area contributed by atoms with Crippen molar-refractivity contribution in [3.05, 3.63) is 45.5 Å². The molecule has 3 heterocycles. The van der Waals surface area contributed by atoms with Gasteiger partial charge < -0.3 is 0 Å². The van der Waals surface area contributed by atoms with Crippen LogP contribution in [-0.4, -0.2) is 42.8 Å². The fraction of sp³-hybridized carbons (Fsp3) is 0.316. The van der Waals surface area contributed by atoms with Gasteiger partial charge in [-0.15, -0.1) is 5.10 Å². The Balaban J connectivity index is 1.62. The number of amides is 3. The fourth-order valence-corrected chi connectivity index (χ4v) is 4.06. The van der Waals surface area contributed by atoms with Gasteiger partial charge in [0, 0.05) is 16.0 Å². The van der Waals surface area contributed by atoms with E-state index in [0.717, 1.165) is 10.6 Å². The average Bonchev–Trinajstić information content (AvgIpc) is 3.20. The number of nitrogens with zero attached hydrogens (tertiary/aromatic N) is 4. The molecular formula is C19H19N5O3S. The van der Waals surface area contributed by atoms with Crippen LogP contribution in [0.1, 0.15) is 62.4 Å². The largest absolute Gasteiger partial charge is 0.289 e. The Labute approximate surface area is 165 Å². The fourth-order valence-electron chi connectivity index (χ4n) is 3.16. The Morgan fingerprint density at radius 2 is 1.79 bits per heavy atom. The lowest BCUT2D eigenvalue weighted by molar-refractivity contribution is 0.0507. The van der Waals surface area contributed by atoms with Crippen LogP contribution in [0.3, 0.4) is 0 Å². The number of thiazole rings is 1. The van der Waals surface area contributed by atoms with E-state index in [0.29, 0.717) is 10.5 Å². The van der Waals surface area contributed by atoms with Crippen molar-refractivity contribution >= 4 is 40.0 Å². The Morgan fingerprint density at radius 3 is 2.43 bits per heavy atom. The number of hydrogen-bond donors (Lipinski definition) is 1. The van der Waals surface area contributed by atoms with Crippen LogP contribution in [0.2, 0.25) is 0 Å². The molecule has 1 N–H and O–H groups in total. The lowest BCUT2D eigenvalue weighted by atomic mass is 10.1. The van der Waals surface area contributed by atoms with E-state index < -0.39 is 17.4 Å². The summed E-state index contributed by atoms with van der Waals surface area (Å²) in [6.45, 7) is 9.30. The van der Waals surface area contributed by atoms with Crippen molar-refractivity contribution in [2.45, 2.75) is 40.2 Å². The van der Waals surface area contributed by atoms with Gasteiger partial charge in [0.2, 0.25) is 4.96 Å². The van der Waals surface area contributed by atoms with Crippen molar-refractivity contribution in [3.8, 4) is 0 Å². The molecule has 3 amide bonds. The Kier molecular flexibility index (Phi) is 3.90. The van der Waals surface area contributed by atoms with E-state index in [4.69, 9.17) is 0 Å². The van der Waals surface area contributed by atoms with Gasteiger partial charge in [0.25, 0.3) is 23.7 Å². The zero-order valence-corrected chi connectivity index (χ0v) is 17.0. The summed E-state index contributed by atoms with van der Waals surface area (Å²) < 4.78 is 1.68. The molecule has 0 saturated carbocycles. The van der Waals surface area contributed by atoms with E-state index in [9.17, 15) is 14.4 Å². The minimum atomic E-state index is -0.641. The van der Waals surface area contributed by atoms with Gasteiger partial charge >= 0.3 is 0 Å². The maximum absolute atomic E-state index is 12.7. The topological polar surface area (TPSA) is 96.7 Å². The molecule has 28 heavy (non-hydrogen) atoms. The molecule has 144 valence electrons. The number of benzene rings is 1. The van der Waals surface area contributed by atoms with Crippen molar-refractivity contribution in [3.63, 3.8) is 0 Å². The van der Waals surface area contributed by atoms with E-state index in [2.05, 4.69) is 15.4 Å². The number of aromatic nitrogens is 3. The van der Waals surface area contributed by atoms with Crippen molar-refractivity contribution in [1.82, 2.24) is 19.5 Å². The molecule has 0 radical (unpaired) electrons. The van der Waals surface area contributed by atoms with Gasteiger partial charge in [-0.05, 0) is 52.8 Å². The molecule has 0 saturated heterocycles. The summed E-state index contributed by atoms with van der Waals surface area (Å²) in [5.41, 5.74) is 1.14. The molecule has 0 unspecified atom stereocenters. The van der Waals surface area contributed by atoms with Crippen molar-refractivity contribution < 1.29 is 14.4 Å². The van der Waals surface area contributed by atoms with Crippen LogP contribution >= 0.6 is 11.3 Å². The average molecular weight is 397 g/mol. The minimum Gasteiger partial charge on any atom is -0.289 e. The number of nitrogens with one attached hydrogen (secondary N) is 1. The Hall–Kier alpha value is -3.07. The number of rotatable bonds is 2. The number of imide groups is 1. The second kappa shape index (κ2) is 5.96. The summed E-state index contributed by atoms with van der Waals surface area (Å²) in [6, 6.07) is 4.49. The molecule has 0 aliphatic carbocycles. The molecule has 9 heteroatoms. The molecule has 1 aliphatic heterocycles. The summed E-state index contributed by atoms with van der Waals surface area (Å²) in [4.78, 5) is 45.2. The third-order valence-corrected chi connectivity index (χ3v) is 5.74. The zero-order chi connectivity index (χ0) is 20.4. The first-order chi connectivity index (χ1) is 13.1. The molecule has 0 fully saturated rings. The van der Waals surface area contributed by atoms with Crippen LogP contribution in [0, 0.1) is 13.8 Å². The molecule has 0 atom stereocenters. The molecule has 0 bridgehead atoms. The predicted octanol–water partition coefficient (Wildman–Crippen LogP) is 3.05. The van der Waals surface area contributed by atoms with E-state index in [1.165, 1.54) is 34.4 Å². The normalized spacial score (nSPS) is 14.1. The number of carbonyl (C=O) groups is 3. The van der Waals surface area contributed by atoms with Crippen molar-refractivity contribution in [2.75, 3.05) is 5.32 Å². The number of carbonyl (C=O) groups excluding carboxylic acids is 3. The van der Waals surface area contributed by atoms with Gasteiger partial charge in [-0.1, -0.05) is 11.3 Å². The van der Waals surface area contributed by atoms with Gasteiger partial charge in [0.1, 0.15) is 0 Å². The zero-order valence-electron chi connectivity index (χ0n) is 16.2. The van der Waals surface area contributed by atoms with Crippen LogP contribution in [-0.2, 0) is 0 Å². The number of hydrogen-bond acceptors (Lipinski definition) is 6. The van der Waals surface area contributed by atoms with Gasteiger partial charge in [0.15, 0.2) is 0 Å². The van der Waals surface area contributed by atoms with Gasteiger partial charge in [-0.2, -0.15) is 4.98 Å². The SMILES string of the molecule is Cc1sc2nc(NC(=O)c3ccc4c(c3)C(=O)N(C(C)(C)C)C4=O)nn2c1C. The Bertz CT molecular complexity index is 1170. The predicted molar refractivity (Wildman–Crippen MR) is 105 cm³/mol. The number of aryl methyl sites for hydroxylation is 2. The summed E-state index contributed by atoms with van der Waals surface area (Å²) in [5.74, 6) is -0.987. The summed E-state index contributed by atoms with van der Waals surface area (Å²) >= 11 is 1.49. The summed E-state index contributed by atoms with van der Waals surface area (Å²) in [7, 11) is 0. The van der Waals surface area contributed by atoms with Gasteiger partial charge in [0.05, 0.1) is 16.8 Å². The molecule has 1 aliphatic rings. The first-order valence-corrected chi connectivity index (χ1v) is 9.56. The molecule has 4 rings (SSSR count). The molecule has 8 nitrogen and oxygen atoms in total. The van der Waals surface area contributed by atoms with Gasteiger partial charge in [-0.3, -0.25) is 24.6 Å². The Morgan fingerprint density at radius 1 is 1.11 bits per heavy atom. The molecule has 1 aromatic carbocycles. The van der Waals surface area contributed by atoms with Crippen molar-refractivity contribution in [2.24, 2.45) is 0 Å². The van der Waals surface area contributed by atoms with E-state index >= 15 is 0 Å². The standard InChI is InChI=1S/C19H19N5O3S/c1-9-10(2)28-18-21-17(22-24(9)18)20-14(25)11-6-7-12-13(8-11)16(27)23(15(12)26)19(3,4)5/h6-8H,1-5H3,(H,20,22,25). The highest BCUT2D eigenvalue weighted by molar-refractivity contribution is 7.17. The molecule has 0 spiro atoms. The lowest BCUT2D eigenvalue weighted by Gasteiger charge is -2.29. The molecular weight excluding hydrogens is 378 g/mol. The smallest absolute Gasteiger partial charge is 0.262 e. The van der Waals surface area contributed by atoms with E-state index in [1.54, 1.807) is 25.3 Å². The van der Waals surface area contributed by atoms with E-state index in [1.807, 2.05) is 13.8 Å². The van der Waals surface area contributed by atoms with Gasteiger partial charge in [-0.25, -0.2) is 4.52 Å². The quantitative estimate of drug-likeness (QED) is 0.671. The van der Waals surface area contributed by atoms with Crippen LogP contribution in [0.25, 0.3) is 4.96 Å². The summed E-state index contributed by atoms with van der Waals surface area (Å²) in [5, 5.41) is 6.95. The first-order valence-electron chi connectivity index (χ1n) is 8.75. The molecule has 2 aromatic heterocycles. The first kappa shape index (κ1) is 18.3.